The summed E-state index contributed by atoms with van der Waals surface area (Å²) >= 11 is 0. The van der Waals surface area contributed by atoms with Gasteiger partial charge >= 0.3 is 7.25 Å². The lowest BCUT2D eigenvalue weighted by atomic mass is 10.00. The Morgan fingerprint density at radius 3 is 1.24 bits per heavy atom. The fourth-order valence-corrected chi connectivity index (χ4v) is 3.80. The molecule has 0 bridgehead atoms. The summed E-state index contributed by atoms with van der Waals surface area (Å²) in [6.45, 7) is 0. The molecule has 7 heteroatoms. The molecule has 2 nitrogen and oxygen atoms in total. The minimum atomic E-state index is -6.00. The van der Waals surface area contributed by atoms with Crippen LogP contribution in [0.1, 0.15) is 5.56 Å². The predicted molar refractivity (Wildman–Crippen MR) is 143 cm³/mol. The highest BCUT2D eigenvalue weighted by molar-refractivity contribution is 6.50. The van der Waals surface area contributed by atoms with Crippen molar-refractivity contribution >= 4 is 13.5 Å². The fourth-order valence-electron chi connectivity index (χ4n) is 3.80. The molecule has 0 fully saturated rings. The van der Waals surface area contributed by atoms with Gasteiger partial charge in [0.05, 0.1) is 0 Å². The van der Waals surface area contributed by atoms with Crippen molar-refractivity contribution in [3.8, 4) is 33.6 Å². The van der Waals surface area contributed by atoms with Crippen LogP contribution in [0.4, 0.5) is 17.3 Å². The maximum absolute atomic E-state index is 9.75. The zero-order valence-corrected chi connectivity index (χ0v) is 19.8. The highest BCUT2D eigenvalue weighted by Gasteiger charge is 2.23. The Balaban J connectivity index is 0.000000586. The molecule has 4 aromatic carbocycles. The van der Waals surface area contributed by atoms with Crippen LogP contribution in [0.3, 0.4) is 0 Å². The number of pyridine rings is 1. The van der Waals surface area contributed by atoms with E-state index in [1.54, 1.807) is 0 Å². The van der Waals surface area contributed by atoms with E-state index in [0.29, 0.717) is 0 Å². The van der Waals surface area contributed by atoms with Gasteiger partial charge in [0.15, 0.2) is 0 Å². The van der Waals surface area contributed by atoms with Crippen LogP contribution in [0.25, 0.3) is 33.6 Å². The van der Waals surface area contributed by atoms with Crippen LogP contribution in [-0.4, -0.2) is 13.5 Å². The Kier molecular flexibility index (Phi) is 8.26. The molecule has 0 unspecified atom stereocenters. The maximum Gasteiger partial charge on any atom is 0.673 e. The van der Waals surface area contributed by atoms with Crippen molar-refractivity contribution in [2.45, 2.75) is 0 Å². The van der Waals surface area contributed by atoms with Crippen molar-refractivity contribution in [3.05, 3.63) is 139 Å². The molecular weight excluding hydrogens is 475 g/mol. The molecule has 0 atom stereocenters. The van der Waals surface area contributed by atoms with Gasteiger partial charge in [-0.2, -0.15) is 0 Å². The van der Waals surface area contributed by atoms with Crippen LogP contribution in [0.5, 0.6) is 0 Å². The summed E-state index contributed by atoms with van der Waals surface area (Å²) in [4.78, 5) is 0. The second-order valence-electron chi connectivity index (χ2n) is 8.07. The molecule has 1 aromatic heterocycles. The van der Waals surface area contributed by atoms with E-state index in [1.807, 2.05) is 47.3 Å². The number of benzene rings is 4. The maximum atomic E-state index is 9.75. The Morgan fingerprint density at radius 1 is 0.486 bits per heavy atom. The highest BCUT2D eigenvalue weighted by Crippen LogP contribution is 2.29. The summed E-state index contributed by atoms with van der Waals surface area (Å²) in [7, 11) is -6.00. The van der Waals surface area contributed by atoms with Crippen LogP contribution < -0.4 is 4.68 Å². The Hall–Kier alpha value is -4.52. The molecule has 0 aliphatic carbocycles. The molecule has 184 valence electrons. The lowest BCUT2D eigenvalue weighted by Gasteiger charge is -2.09. The molecule has 5 aromatic rings. The third kappa shape index (κ3) is 7.48. The van der Waals surface area contributed by atoms with Gasteiger partial charge in [0.2, 0.25) is 11.4 Å². The summed E-state index contributed by atoms with van der Waals surface area (Å²) in [5, 5.41) is 4.96. The van der Waals surface area contributed by atoms with Gasteiger partial charge in [0.1, 0.15) is 6.21 Å². The summed E-state index contributed by atoms with van der Waals surface area (Å²) in [6.07, 6.45) is 1.92. The number of hydrogen-bond donors (Lipinski definition) is 0. The van der Waals surface area contributed by atoms with Gasteiger partial charge < -0.3 is 17.3 Å². The molecule has 0 aliphatic heterocycles. The van der Waals surface area contributed by atoms with Gasteiger partial charge in [-0.1, -0.05) is 97.1 Å². The first-order valence-corrected chi connectivity index (χ1v) is 11.6. The van der Waals surface area contributed by atoms with Crippen LogP contribution in [0, 0.1) is 0 Å². The van der Waals surface area contributed by atoms with E-state index in [-0.39, 0.29) is 0 Å². The highest BCUT2D eigenvalue weighted by atomic mass is 19.5. The summed E-state index contributed by atoms with van der Waals surface area (Å²) in [6, 6.07) is 46.0. The molecule has 0 radical (unpaired) electrons. The number of rotatable bonds is 5. The van der Waals surface area contributed by atoms with Gasteiger partial charge in [0.25, 0.3) is 0 Å². The zero-order chi connectivity index (χ0) is 26.1. The van der Waals surface area contributed by atoms with Crippen LogP contribution in [-0.2, 0) is 0 Å². The van der Waals surface area contributed by atoms with Gasteiger partial charge in [-0.15, -0.1) is 0 Å². The quantitative estimate of drug-likeness (QED) is 0.101. The molecule has 0 amide bonds. The molecule has 5 rings (SSSR count). The van der Waals surface area contributed by atoms with E-state index in [9.17, 15) is 17.3 Å². The Morgan fingerprint density at radius 2 is 0.838 bits per heavy atom. The molecule has 0 N–H and O–H groups in total. The first-order chi connectivity index (χ1) is 17.9. The smallest absolute Gasteiger partial charge is 0.418 e. The first kappa shape index (κ1) is 25.6. The molecule has 0 aliphatic rings. The number of nitrogens with zero attached hydrogens (tertiary/aromatic N) is 2. The second-order valence-corrected chi connectivity index (χ2v) is 8.07. The summed E-state index contributed by atoms with van der Waals surface area (Å²) in [5.41, 5.74) is 7.72. The average molecular weight is 498 g/mol. The Labute approximate surface area is 213 Å². The topological polar surface area (TPSA) is 16.2 Å². The van der Waals surface area contributed by atoms with Crippen molar-refractivity contribution in [2.24, 2.45) is 5.10 Å². The van der Waals surface area contributed by atoms with E-state index >= 15 is 0 Å². The van der Waals surface area contributed by atoms with E-state index in [0.717, 1.165) is 33.6 Å². The minimum Gasteiger partial charge on any atom is -0.418 e. The molecule has 1 heterocycles. The largest absolute Gasteiger partial charge is 0.673 e. The zero-order valence-electron chi connectivity index (χ0n) is 19.8. The summed E-state index contributed by atoms with van der Waals surface area (Å²) < 4.78 is 41.0. The van der Waals surface area contributed by atoms with Gasteiger partial charge in [-0.25, -0.2) is 0 Å². The van der Waals surface area contributed by atoms with Crippen molar-refractivity contribution in [1.29, 1.82) is 0 Å². The second kappa shape index (κ2) is 11.9. The van der Waals surface area contributed by atoms with Gasteiger partial charge in [0, 0.05) is 23.3 Å². The fraction of sp³-hybridized carbons (Fsp3) is 0. The van der Waals surface area contributed by atoms with Crippen LogP contribution in [0.15, 0.2) is 139 Å². The van der Waals surface area contributed by atoms with Crippen LogP contribution in [0.2, 0.25) is 0 Å². The minimum absolute atomic E-state index is 1.04. The molecule has 0 spiro atoms. The normalized spacial score (nSPS) is 11.1. The third-order valence-corrected chi connectivity index (χ3v) is 5.41. The predicted octanol–water partition coefficient (Wildman–Crippen LogP) is 8.16. The first-order valence-electron chi connectivity index (χ1n) is 11.6. The average Bonchev–Trinajstić information content (AvgIpc) is 2.92. The van der Waals surface area contributed by atoms with E-state index in [2.05, 4.69) is 97.1 Å². The van der Waals surface area contributed by atoms with Crippen molar-refractivity contribution < 1.29 is 21.9 Å². The SMILES string of the molecule is C(=N\[n+]1c(-c2ccccc2)cc(-c2ccccc2)cc1-c1ccccc1)/c1ccccc1.F[B-](F)(F)F. The van der Waals surface area contributed by atoms with Gasteiger partial charge in [-0.3, -0.25) is 0 Å². The van der Waals surface area contributed by atoms with E-state index < -0.39 is 7.25 Å². The van der Waals surface area contributed by atoms with Crippen molar-refractivity contribution in [2.75, 3.05) is 0 Å². The lowest BCUT2D eigenvalue weighted by Crippen LogP contribution is -2.34. The van der Waals surface area contributed by atoms with Crippen molar-refractivity contribution in [1.82, 2.24) is 0 Å². The van der Waals surface area contributed by atoms with Crippen LogP contribution >= 0.6 is 0 Å². The molecule has 0 saturated heterocycles. The van der Waals surface area contributed by atoms with Crippen molar-refractivity contribution in [3.63, 3.8) is 0 Å². The number of hydrogen-bond acceptors (Lipinski definition) is 1. The lowest BCUT2D eigenvalue weighted by molar-refractivity contribution is -0.656. The van der Waals surface area contributed by atoms with E-state index in [1.165, 1.54) is 5.56 Å². The summed E-state index contributed by atoms with van der Waals surface area (Å²) in [5.74, 6) is 0. The van der Waals surface area contributed by atoms with Gasteiger partial charge in [-0.05, 0) is 50.7 Å². The number of halogens is 4. The molecule has 0 saturated carbocycles. The molecular formula is C30H23BF4N2. The number of aromatic nitrogens is 1. The third-order valence-electron chi connectivity index (χ3n) is 5.41. The standard InChI is InChI=1S/C30H23N2.BF4/c1-5-13-24(14-6-1)23-31-32-29(26-17-9-3-10-18-26)21-28(25-15-7-2-8-16-25)22-30(32)27-19-11-4-12-20-27;2-1(3,4)5/h1-23H;/q+1;-1/b31-23+;. The molecule has 37 heavy (non-hydrogen) atoms. The monoisotopic (exact) mass is 498 g/mol. The van der Waals surface area contributed by atoms with E-state index in [4.69, 9.17) is 5.10 Å². The Bertz CT molecular complexity index is 1370.